The third-order valence-electron chi connectivity index (χ3n) is 3.21. The quantitative estimate of drug-likeness (QED) is 0.449. The van der Waals surface area contributed by atoms with E-state index in [1.807, 2.05) is 43.3 Å². The average Bonchev–Trinajstić information content (AvgIpc) is 2.94. The molecule has 0 amide bonds. The fraction of sp³-hybridized carbons (Fsp3) is 0.0625. The molecule has 0 bridgehead atoms. The smallest absolute Gasteiger partial charge is 0.155 e. The van der Waals surface area contributed by atoms with Crippen LogP contribution in [-0.2, 0) is 0 Å². The summed E-state index contributed by atoms with van der Waals surface area (Å²) in [4.78, 5) is 4.55. The Kier molecular flexibility index (Phi) is 3.73. The van der Waals surface area contributed by atoms with Gasteiger partial charge in [0.25, 0.3) is 0 Å². The van der Waals surface area contributed by atoms with Gasteiger partial charge in [-0.15, -0.1) is 0 Å². The Labute approximate surface area is 133 Å². The largest absolute Gasteiger partial charge is 0.345 e. The Morgan fingerprint density at radius 1 is 1.23 bits per heavy atom. The maximum absolute atomic E-state index is 9.42. The monoisotopic (exact) mass is 307 g/mol. The Hall–Kier alpha value is -2.91. The normalized spacial score (nSPS) is 14.2. The van der Waals surface area contributed by atoms with Gasteiger partial charge in [0.15, 0.2) is 5.82 Å². The minimum atomic E-state index is 0.341. The lowest BCUT2D eigenvalue weighted by Gasteiger charge is -2.09. The molecule has 6 heteroatoms. The molecule has 1 aliphatic rings. The molecule has 2 heterocycles. The van der Waals surface area contributed by atoms with E-state index in [1.165, 1.54) is 0 Å². The van der Waals surface area contributed by atoms with Gasteiger partial charge >= 0.3 is 0 Å². The Balaban J connectivity index is 1.83. The van der Waals surface area contributed by atoms with Crippen molar-refractivity contribution in [3.63, 3.8) is 0 Å². The summed E-state index contributed by atoms with van der Waals surface area (Å²) >= 11 is 5.35. The minimum absolute atomic E-state index is 0.341. The number of fused-ring (bicyclic) bond motifs is 1. The molecule has 0 fully saturated rings. The topological polar surface area (TPSA) is 72.8 Å². The molecule has 1 aromatic heterocycles. The standard InChI is InChI=1S/C16H13N5S/c1-10-4-6-11(7-5-10)19-16(22)12(9-17)14-20-13-3-2-8-18-15(13)21-14/h2-8,20H,1H3,(H,18,21)(H,19,22)/b14-12+. The number of rotatable bonds is 2. The van der Waals surface area contributed by atoms with Crippen molar-refractivity contribution >= 4 is 34.4 Å². The van der Waals surface area contributed by atoms with Gasteiger partial charge in [0.05, 0.1) is 5.69 Å². The highest BCUT2D eigenvalue weighted by Crippen LogP contribution is 2.29. The molecule has 3 rings (SSSR count). The zero-order valence-electron chi connectivity index (χ0n) is 11.8. The molecule has 0 aliphatic carbocycles. The van der Waals surface area contributed by atoms with Crippen LogP contribution in [0.5, 0.6) is 0 Å². The molecular formula is C16H13N5S. The summed E-state index contributed by atoms with van der Waals surface area (Å²) in [5.74, 6) is 1.23. The summed E-state index contributed by atoms with van der Waals surface area (Å²) in [7, 11) is 0. The van der Waals surface area contributed by atoms with E-state index in [0.717, 1.165) is 16.9 Å². The van der Waals surface area contributed by atoms with Gasteiger partial charge in [0.1, 0.15) is 22.5 Å². The van der Waals surface area contributed by atoms with Crippen molar-refractivity contribution in [1.82, 2.24) is 4.98 Å². The van der Waals surface area contributed by atoms with E-state index in [-0.39, 0.29) is 0 Å². The molecule has 0 unspecified atom stereocenters. The van der Waals surface area contributed by atoms with Crippen molar-refractivity contribution in [3.05, 3.63) is 59.6 Å². The number of hydrogen-bond acceptors (Lipinski definition) is 5. The summed E-state index contributed by atoms with van der Waals surface area (Å²) in [6.45, 7) is 2.02. The average molecular weight is 307 g/mol. The van der Waals surface area contributed by atoms with Crippen molar-refractivity contribution in [2.45, 2.75) is 6.92 Å². The van der Waals surface area contributed by atoms with Crippen LogP contribution in [0.2, 0.25) is 0 Å². The summed E-state index contributed by atoms with van der Waals surface area (Å²) < 4.78 is 0. The number of thiocarbonyl (C=S) groups is 1. The number of nitrogens with one attached hydrogen (secondary N) is 3. The second-order valence-electron chi connectivity index (χ2n) is 4.83. The maximum atomic E-state index is 9.42. The molecule has 0 spiro atoms. The molecule has 0 atom stereocenters. The van der Waals surface area contributed by atoms with E-state index in [4.69, 9.17) is 12.2 Å². The van der Waals surface area contributed by atoms with E-state index in [0.29, 0.717) is 22.2 Å². The highest BCUT2D eigenvalue weighted by molar-refractivity contribution is 7.81. The molecule has 1 aliphatic heterocycles. The SMILES string of the molecule is Cc1ccc(NC(=S)/C(C#N)=C2\Nc3cccnc3N2)cc1. The number of benzene rings is 1. The number of anilines is 3. The predicted molar refractivity (Wildman–Crippen MR) is 91.5 cm³/mol. The van der Waals surface area contributed by atoms with Gasteiger partial charge < -0.3 is 16.0 Å². The molecule has 0 saturated heterocycles. The fourth-order valence-electron chi connectivity index (χ4n) is 2.07. The van der Waals surface area contributed by atoms with Gasteiger partial charge in [-0.3, -0.25) is 0 Å². The molecule has 2 aromatic rings. The van der Waals surface area contributed by atoms with Crippen molar-refractivity contribution < 1.29 is 0 Å². The van der Waals surface area contributed by atoms with Crippen LogP contribution in [0.3, 0.4) is 0 Å². The first-order chi connectivity index (χ1) is 10.7. The number of nitrogens with zero attached hydrogens (tertiary/aromatic N) is 2. The molecular weight excluding hydrogens is 294 g/mol. The first kappa shape index (κ1) is 14.0. The van der Waals surface area contributed by atoms with Crippen LogP contribution in [0.25, 0.3) is 0 Å². The lowest BCUT2D eigenvalue weighted by molar-refractivity contribution is 1.33. The van der Waals surface area contributed by atoms with Crippen LogP contribution in [0.4, 0.5) is 17.2 Å². The number of hydrogen-bond donors (Lipinski definition) is 3. The highest BCUT2D eigenvalue weighted by Gasteiger charge is 2.20. The zero-order chi connectivity index (χ0) is 15.5. The van der Waals surface area contributed by atoms with Gasteiger partial charge in [-0.1, -0.05) is 29.9 Å². The molecule has 1 aromatic carbocycles. The van der Waals surface area contributed by atoms with Crippen molar-refractivity contribution in [1.29, 1.82) is 5.26 Å². The van der Waals surface area contributed by atoms with E-state index in [1.54, 1.807) is 6.20 Å². The Morgan fingerprint density at radius 2 is 2.00 bits per heavy atom. The third-order valence-corrected chi connectivity index (χ3v) is 3.52. The molecule has 0 saturated carbocycles. The summed E-state index contributed by atoms with van der Waals surface area (Å²) in [6.07, 6.45) is 1.69. The van der Waals surface area contributed by atoms with E-state index >= 15 is 0 Å². The molecule has 22 heavy (non-hydrogen) atoms. The van der Waals surface area contributed by atoms with E-state index < -0.39 is 0 Å². The minimum Gasteiger partial charge on any atom is -0.345 e. The van der Waals surface area contributed by atoms with Crippen molar-refractivity contribution in [3.8, 4) is 6.07 Å². The van der Waals surface area contributed by atoms with Crippen molar-refractivity contribution in [2.75, 3.05) is 16.0 Å². The number of nitriles is 1. The van der Waals surface area contributed by atoms with Crippen LogP contribution in [-0.4, -0.2) is 9.97 Å². The number of aromatic nitrogens is 1. The third kappa shape index (κ3) is 2.75. The molecule has 0 radical (unpaired) electrons. The lowest BCUT2D eigenvalue weighted by Crippen LogP contribution is -2.17. The summed E-state index contributed by atoms with van der Waals surface area (Å²) in [5, 5.41) is 18.7. The Bertz CT molecular complexity index is 775. The van der Waals surface area contributed by atoms with E-state index in [2.05, 4.69) is 27.0 Å². The summed E-state index contributed by atoms with van der Waals surface area (Å²) in [5.41, 5.74) is 3.17. The molecule has 3 N–H and O–H groups in total. The second-order valence-corrected chi connectivity index (χ2v) is 5.24. The molecule has 108 valence electrons. The number of aryl methyl sites for hydroxylation is 1. The number of pyridine rings is 1. The Morgan fingerprint density at radius 3 is 2.68 bits per heavy atom. The van der Waals surface area contributed by atoms with Crippen LogP contribution >= 0.6 is 12.2 Å². The summed E-state index contributed by atoms with van der Waals surface area (Å²) in [6, 6.07) is 13.7. The fourth-order valence-corrected chi connectivity index (χ4v) is 2.33. The zero-order valence-corrected chi connectivity index (χ0v) is 12.7. The van der Waals surface area contributed by atoms with Crippen LogP contribution < -0.4 is 16.0 Å². The van der Waals surface area contributed by atoms with Gasteiger partial charge in [0.2, 0.25) is 0 Å². The lowest BCUT2D eigenvalue weighted by atomic mass is 10.2. The van der Waals surface area contributed by atoms with Gasteiger partial charge in [-0.25, -0.2) is 4.98 Å². The van der Waals surface area contributed by atoms with Gasteiger partial charge in [-0.05, 0) is 31.2 Å². The first-order valence-electron chi connectivity index (χ1n) is 6.69. The predicted octanol–water partition coefficient (Wildman–Crippen LogP) is 3.40. The van der Waals surface area contributed by atoms with Crippen LogP contribution in [0, 0.1) is 18.3 Å². The second kappa shape index (κ2) is 5.84. The van der Waals surface area contributed by atoms with Crippen LogP contribution in [0.15, 0.2) is 54.0 Å². The van der Waals surface area contributed by atoms with Gasteiger partial charge in [-0.2, -0.15) is 5.26 Å². The molecule has 5 nitrogen and oxygen atoms in total. The van der Waals surface area contributed by atoms with Crippen molar-refractivity contribution in [2.24, 2.45) is 0 Å². The van der Waals surface area contributed by atoms with Crippen LogP contribution in [0.1, 0.15) is 5.56 Å². The maximum Gasteiger partial charge on any atom is 0.155 e. The first-order valence-corrected chi connectivity index (χ1v) is 7.09. The van der Waals surface area contributed by atoms with E-state index in [9.17, 15) is 5.26 Å². The van der Waals surface area contributed by atoms with Gasteiger partial charge in [0, 0.05) is 11.9 Å². The highest BCUT2D eigenvalue weighted by atomic mass is 32.1.